The summed E-state index contributed by atoms with van der Waals surface area (Å²) in [5, 5.41) is 24.8. The number of nitrogens with zero attached hydrogens (tertiary/aromatic N) is 1. The smallest absolute Gasteiger partial charge is 0.272 e. The minimum absolute atomic E-state index is 0.0149. The minimum atomic E-state index is -2.02. The van der Waals surface area contributed by atoms with Gasteiger partial charge in [-0.15, -0.1) is 0 Å². The zero-order valence-electron chi connectivity index (χ0n) is 20.4. The molecule has 4 rings (SSSR count). The van der Waals surface area contributed by atoms with E-state index < -0.39 is 16.0 Å². The summed E-state index contributed by atoms with van der Waals surface area (Å²) < 4.78 is 11.7. The minimum Gasteiger partial charge on any atom is -0.618 e. The van der Waals surface area contributed by atoms with Crippen LogP contribution in [0.2, 0.25) is 0 Å². The third-order valence-electron chi connectivity index (χ3n) is 6.27. The van der Waals surface area contributed by atoms with E-state index in [2.05, 4.69) is 12.2 Å². The van der Waals surface area contributed by atoms with Crippen molar-refractivity contribution in [3.8, 4) is 0 Å². The molecule has 4 atom stereocenters. The molecule has 1 amide bonds. The van der Waals surface area contributed by atoms with Crippen molar-refractivity contribution in [2.24, 2.45) is 5.92 Å². The molecular weight excluding hydrogens is 571 g/mol. The van der Waals surface area contributed by atoms with E-state index in [1.54, 1.807) is 12.1 Å². The second-order valence-corrected chi connectivity index (χ2v) is 12.2. The van der Waals surface area contributed by atoms with Gasteiger partial charge in [0, 0.05) is 35.9 Å². The fourth-order valence-corrected chi connectivity index (χ4v) is 5.36. The number of ether oxygens (including phenoxy) is 2. The maximum atomic E-state index is 12.1. The SMILES string of the molecule is C[C@H]1[C@@H](CSc2cccc[n+]2[O-])O[C@@H](c2ccc(CNC(=O)C(Cl)(Cl)Cl)cc2)O[C@H]1c1ccc(CO)cc1. The summed E-state index contributed by atoms with van der Waals surface area (Å²) in [6.45, 7) is 2.23. The van der Waals surface area contributed by atoms with Gasteiger partial charge in [-0.25, -0.2) is 0 Å². The van der Waals surface area contributed by atoms with Crippen molar-refractivity contribution in [1.29, 1.82) is 0 Å². The molecule has 11 heteroatoms. The number of carbonyl (C=O) groups excluding carboxylic acids is 1. The molecule has 1 fully saturated rings. The van der Waals surface area contributed by atoms with Gasteiger partial charge in [-0.2, -0.15) is 4.73 Å². The van der Waals surface area contributed by atoms with Crippen molar-refractivity contribution < 1.29 is 24.1 Å². The molecule has 202 valence electrons. The summed E-state index contributed by atoms with van der Waals surface area (Å²) in [6, 6.07) is 20.4. The Morgan fingerprint density at radius 3 is 2.32 bits per heavy atom. The maximum Gasteiger partial charge on any atom is 0.272 e. The molecule has 1 aromatic heterocycles. The van der Waals surface area contributed by atoms with Gasteiger partial charge in [0.25, 0.3) is 14.7 Å². The average Bonchev–Trinajstić information content (AvgIpc) is 2.92. The molecule has 7 nitrogen and oxygen atoms in total. The highest BCUT2D eigenvalue weighted by Gasteiger charge is 2.38. The van der Waals surface area contributed by atoms with Crippen molar-refractivity contribution in [2.75, 3.05) is 5.75 Å². The Bertz CT molecular complexity index is 1220. The Morgan fingerprint density at radius 2 is 1.68 bits per heavy atom. The van der Waals surface area contributed by atoms with Gasteiger partial charge in [0.2, 0.25) is 0 Å². The van der Waals surface area contributed by atoms with Crippen molar-refractivity contribution in [3.05, 3.63) is 100 Å². The number of amides is 1. The predicted octanol–water partition coefficient (Wildman–Crippen LogP) is 5.38. The van der Waals surface area contributed by atoms with Gasteiger partial charge >= 0.3 is 0 Å². The highest BCUT2D eigenvalue weighted by Crippen LogP contribution is 2.42. The van der Waals surface area contributed by atoms with Crippen LogP contribution in [0.15, 0.2) is 78.0 Å². The summed E-state index contributed by atoms with van der Waals surface area (Å²) in [6.07, 6.45) is 0.331. The van der Waals surface area contributed by atoms with Crippen LogP contribution in [0.25, 0.3) is 0 Å². The van der Waals surface area contributed by atoms with Crippen LogP contribution in [0.3, 0.4) is 0 Å². The molecule has 38 heavy (non-hydrogen) atoms. The van der Waals surface area contributed by atoms with Crippen LogP contribution in [0.5, 0.6) is 0 Å². The molecule has 2 heterocycles. The van der Waals surface area contributed by atoms with E-state index in [1.165, 1.54) is 18.0 Å². The number of rotatable bonds is 8. The molecule has 2 aromatic carbocycles. The Kier molecular flexibility index (Phi) is 9.81. The monoisotopic (exact) mass is 596 g/mol. The number of carbonyl (C=O) groups is 1. The van der Waals surface area contributed by atoms with E-state index in [0.717, 1.165) is 27.0 Å². The summed E-state index contributed by atoms with van der Waals surface area (Å²) in [4.78, 5) is 11.8. The van der Waals surface area contributed by atoms with Crippen molar-refractivity contribution in [2.45, 2.75) is 47.4 Å². The lowest BCUT2D eigenvalue weighted by Gasteiger charge is -2.41. The van der Waals surface area contributed by atoms with Gasteiger partial charge < -0.3 is 25.1 Å². The topological polar surface area (TPSA) is 94.7 Å². The molecule has 0 saturated carbocycles. The Balaban J connectivity index is 1.52. The van der Waals surface area contributed by atoms with E-state index in [-0.39, 0.29) is 31.3 Å². The lowest BCUT2D eigenvalue weighted by atomic mass is 9.91. The van der Waals surface area contributed by atoms with E-state index in [9.17, 15) is 15.1 Å². The second-order valence-electron chi connectivity index (χ2n) is 8.92. The highest BCUT2D eigenvalue weighted by atomic mass is 35.6. The van der Waals surface area contributed by atoms with Gasteiger partial charge in [-0.1, -0.05) is 102 Å². The number of thioether (sulfide) groups is 1. The largest absolute Gasteiger partial charge is 0.618 e. The zero-order chi connectivity index (χ0) is 27.3. The Hall–Kier alpha value is -2.04. The quantitative estimate of drug-likeness (QED) is 0.157. The van der Waals surface area contributed by atoms with Crippen LogP contribution in [-0.4, -0.2) is 26.7 Å². The van der Waals surface area contributed by atoms with Crippen molar-refractivity contribution in [3.63, 3.8) is 0 Å². The molecular formula is C27H27Cl3N2O5S. The molecule has 1 saturated heterocycles. The first-order valence-corrected chi connectivity index (χ1v) is 14.0. The fourth-order valence-electron chi connectivity index (χ4n) is 4.08. The molecule has 2 N–H and O–H groups in total. The van der Waals surface area contributed by atoms with Gasteiger partial charge in [-0.3, -0.25) is 4.79 Å². The number of halogens is 3. The van der Waals surface area contributed by atoms with E-state index in [4.69, 9.17) is 44.3 Å². The van der Waals surface area contributed by atoms with Gasteiger partial charge in [0.15, 0.2) is 12.5 Å². The molecule has 0 spiro atoms. The third kappa shape index (κ3) is 7.33. The van der Waals surface area contributed by atoms with E-state index in [1.807, 2.05) is 54.6 Å². The Labute approximate surface area is 240 Å². The number of nitrogens with one attached hydrogen (secondary N) is 1. The second kappa shape index (κ2) is 12.9. The number of aliphatic hydroxyl groups is 1. The van der Waals surface area contributed by atoms with Crippen LogP contribution in [0.1, 0.15) is 41.6 Å². The summed E-state index contributed by atoms with van der Waals surface area (Å²) in [5.41, 5.74) is 3.41. The van der Waals surface area contributed by atoms with Crippen molar-refractivity contribution >= 4 is 52.5 Å². The van der Waals surface area contributed by atoms with Crippen LogP contribution in [0, 0.1) is 11.1 Å². The van der Waals surface area contributed by atoms with Crippen LogP contribution >= 0.6 is 46.6 Å². The average molecular weight is 598 g/mol. The number of aliphatic hydroxyl groups excluding tert-OH is 1. The summed E-state index contributed by atoms with van der Waals surface area (Å²) in [5.74, 6) is -0.161. The van der Waals surface area contributed by atoms with Crippen molar-refractivity contribution in [1.82, 2.24) is 5.32 Å². The number of benzene rings is 2. The maximum absolute atomic E-state index is 12.1. The molecule has 3 aromatic rings. The van der Waals surface area contributed by atoms with Gasteiger partial charge in [0.05, 0.1) is 18.8 Å². The fraction of sp³-hybridized carbons (Fsp3) is 0.333. The lowest BCUT2D eigenvalue weighted by Crippen LogP contribution is -2.39. The molecule has 0 aliphatic carbocycles. The van der Waals surface area contributed by atoms with Gasteiger partial charge in [-0.05, 0) is 22.8 Å². The normalized spacial score (nSPS) is 21.7. The molecule has 0 unspecified atom stereocenters. The number of aromatic nitrogens is 1. The first-order chi connectivity index (χ1) is 18.2. The van der Waals surface area contributed by atoms with Crippen LogP contribution in [-0.2, 0) is 27.4 Å². The molecule has 1 aliphatic heterocycles. The van der Waals surface area contributed by atoms with E-state index in [0.29, 0.717) is 10.8 Å². The molecule has 0 bridgehead atoms. The number of alkyl halides is 3. The molecule has 0 radical (unpaired) electrons. The van der Waals surface area contributed by atoms with Crippen LogP contribution in [0.4, 0.5) is 0 Å². The Morgan fingerprint density at radius 1 is 1.03 bits per heavy atom. The molecule has 1 aliphatic rings. The predicted molar refractivity (Wildman–Crippen MR) is 148 cm³/mol. The third-order valence-corrected chi connectivity index (χ3v) is 7.89. The first kappa shape index (κ1) is 29.0. The first-order valence-electron chi connectivity index (χ1n) is 11.9. The number of hydrogen-bond donors (Lipinski definition) is 2. The van der Waals surface area contributed by atoms with Crippen LogP contribution < -0.4 is 10.0 Å². The number of hydrogen-bond acceptors (Lipinski definition) is 6. The standard InChI is InChI=1S/C27H27Cl3N2O5S/c1-17-22(16-38-23-4-2-3-13-32(23)35)36-25(37-24(17)20-9-7-19(15-33)8-10-20)21-11-5-18(6-12-21)14-31-26(34)27(28,29)30/h2-13,17,22,24-25,33H,14-16H2,1H3,(H,31,34)/t17-,22+,24+,25+/m0/s1. The highest BCUT2D eigenvalue weighted by molar-refractivity contribution is 7.99. The number of pyridine rings is 1. The zero-order valence-corrected chi connectivity index (χ0v) is 23.5. The van der Waals surface area contributed by atoms with Gasteiger partial charge in [0.1, 0.15) is 0 Å². The summed E-state index contributed by atoms with van der Waals surface area (Å²) in [7, 11) is 0. The summed E-state index contributed by atoms with van der Waals surface area (Å²) >= 11 is 18.3. The van der Waals surface area contributed by atoms with E-state index >= 15 is 0 Å². The lowest BCUT2D eigenvalue weighted by molar-refractivity contribution is -0.645.